The van der Waals surface area contributed by atoms with E-state index in [9.17, 15) is 18.3 Å². The van der Waals surface area contributed by atoms with Crippen LogP contribution in [0.5, 0.6) is 0 Å². The van der Waals surface area contributed by atoms with Gasteiger partial charge in [0.15, 0.2) is 0 Å². The van der Waals surface area contributed by atoms with E-state index in [-0.39, 0.29) is 43.0 Å². The second kappa shape index (κ2) is 12.0. The highest BCUT2D eigenvalue weighted by Crippen LogP contribution is 2.38. The highest BCUT2D eigenvalue weighted by atomic mass is 32.2. The quantitative estimate of drug-likeness (QED) is 0.348. The minimum absolute atomic E-state index is 0.102. The predicted octanol–water partition coefficient (Wildman–Crippen LogP) is 4.83. The molecule has 4 aromatic rings. The molecule has 5 rings (SSSR count). The minimum atomic E-state index is -3.76. The van der Waals surface area contributed by atoms with Crippen LogP contribution in [0.15, 0.2) is 77.7 Å². The Morgan fingerprint density at radius 2 is 1.71 bits per heavy atom. The van der Waals surface area contributed by atoms with Gasteiger partial charge in [0.1, 0.15) is 5.69 Å². The average Bonchev–Trinajstić information content (AvgIpc) is 3.28. The zero-order valence-corrected chi connectivity index (χ0v) is 25.6. The molecule has 1 amide bonds. The second-order valence-electron chi connectivity index (χ2n) is 11.4. The zero-order chi connectivity index (χ0) is 30.2. The molecule has 9 heteroatoms. The van der Waals surface area contributed by atoms with Crippen LogP contribution in [0, 0.1) is 12.8 Å². The summed E-state index contributed by atoms with van der Waals surface area (Å²) in [5.41, 5.74) is 5.10. The minimum Gasteiger partial charge on any atom is -0.394 e. The van der Waals surface area contributed by atoms with Crippen LogP contribution in [-0.2, 0) is 28.4 Å². The fourth-order valence-corrected chi connectivity index (χ4v) is 6.95. The van der Waals surface area contributed by atoms with E-state index in [1.54, 1.807) is 36.2 Å². The van der Waals surface area contributed by atoms with Crippen molar-refractivity contribution in [3.05, 3.63) is 89.6 Å². The van der Waals surface area contributed by atoms with Gasteiger partial charge in [0, 0.05) is 49.6 Å². The third kappa shape index (κ3) is 5.49. The first kappa shape index (κ1) is 30.0. The maximum absolute atomic E-state index is 14.5. The van der Waals surface area contributed by atoms with Crippen molar-refractivity contribution in [1.82, 2.24) is 13.8 Å². The molecule has 2 heterocycles. The Balaban J connectivity index is 1.60. The van der Waals surface area contributed by atoms with Gasteiger partial charge >= 0.3 is 0 Å². The van der Waals surface area contributed by atoms with Crippen molar-refractivity contribution in [2.45, 2.75) is 44.4 Å². The fourth-order valence-electron chi connectivity index (χ4n) is 5.77. The van der Waals surface area contributed by atoms with Crippen LogP contribution in [0.2, 0.25) is 0 Å². The summed E-state index contributed by atoms with van der Waals surface area (Å²) < 4.78 is 36.8. The lowest BCUT2D eigenvalue weighted by atomic mass is 9.96. The number of ether oxygens (including phenoxy) is 1. The van der Waals surface area contributed by atoms with Gasteiger partial charge in [-0.25, -0.2) is 8.42 Å². The average molecular weight is 590 g/mol. The van der Waals surface area contributed by atoms with E-state index in [4.69, 9.17) is 4.74 Å². The SMILES string of the molecule is Cc1ccc(S(=O)(=O)N(C)C[C@@H]2OCc3ccccc3-c3c(n(C)c4ccccc34)C(=O)N([C@@H](C)CO)C[C@@H]2C)cc1. The van der Waals surface area contributed by atoms with Crippen LogP contribution in [0.3, 0.4) is 0 Å². The highest BCUT2D eigenvalue weighted by Gasteiger charge is 2.34. The first-order chi connectivity index (χ1) is 20.0. The molecule has 0 saturated heterocycles. The number of aliphatic hydroxyl groups excluding tert-OH is 1. The summed E-state index contributed by atoms with van der Waals surface area (Å²) in [5.74, 6) is -0.435. The van der Waals surface area contributed by atoms with Crippen molar-refractivity contribution in [1.29, 1.82) is 0 Å². The molecule has 0 bridgehead atoms. The Morgan fingerprint density at radius 3 is 2.43 bits per heavy atom. The third-order valence-electron chi connectivity index (χ3n) is 8.39. The number of carbonyl (C=O) groups excluding carboxylic acids is 1. The summed E-state index contributed by atoms with van der Waals surface area (Å²) in [6.45, 7) is 6.12. The van der Waals surface area contributed by atoms with Crippen molar-refractivity contribution in [3.63, 3.8) is 0 Å². The lowest BCUT2D eigenvalue weighted by Gasteiger charge is -2.35. The standard InChI is InChI=1S/C33H39N3O5S/c1-22-14-16-26(17-15-22)42(39,40)34(4)19-30-23(2)18-36(24(3)20-37)33(38)32-31(27-11-7-6-10-25(27)21-41-30)28-12-8-9-13-29(28)35(32)5/h6-17,23-24,30,37H,18-21H2,1-5H3/t23-,24-,30-/m0/s1. The molecule has 1 N–H and O–H groups in total. The molecule has 8 nitrogen and oxygen atoms in total. The molecule has 0 spiro atoms. The number of aliphatic hydroxyl groups is 1. The first-order valence-corrected chi connectivity index (χ1v) is 15.7. The Labute approximate surface area is 248 Å². The Morgan fingerprint density at radius 1 is 1.05 bits per heavy atom. The molecule has 0 aliphatic carbocycles. The van der Waals surface area contributed by atoms with Crippen molar-refractivity contribution in [2.75, 3.05) is 26.7 Å². The molecule has 42 heavy (non-hydrogen) atoms. The topological polar surface area (TPSA) is 92.1 Å². The predicted molar refractivity (Wildman–Crippen MR) is 165 cm³/mol. The van der Waals surface area contributed by atoms with E-state index in [0.717, 1.165) is 33.2 Å². The number of nitrogens with zero attached hydrogens (tertiary/aromatic N) is 3. The number of aromatic nitrogens is 1. The van der Waals surface area contributed by atoms with Crippen molar-refractivity contribution in [2.24, 2.45) is 13.0 Å². The van der Waals surface area contributed by atoms with E-state index in [2.05, 4.69) is 0 Å². The summed E-state index contributed by atoms with van der Waals surface area (Å²) in [7, 11) is -0.303. The third-order valence-corrected chi connectivity index (χ3v) is 10.2. The second-order valence-corrected chi connectivity index (χ2v) is 13.4. The van der Waals surface area contributed by atoms with E-state index in [1.165, 1.54) is 4.31 Å². The first-order valence-electron chi connectivity index (χ1n) is 14.3. The fraction of sp³-hybridized carbons (Fsp3) is 0.364. The molecular weight excluding hydrogens is 550 g/mol. The molecule has 3 atom stereocenters. The molecule has 0 radical (unpaired) electrons. The summed E-state index contributed by atoms with van der Waals surface area (Å²) in [6, 6.07) is 22.2. The normalized spacial score (nSPS) is 18.9. The van der Waals surface area contributed by atoms with Crippen LogP contribution >= 0.6 is 0 Å². The van der Waals surface area contributed by atoms with Crippen LogP contribution in [0.1, 0.15) is 35.5 Å². The van der Waals surface area contributed by atoms with Gasteiger partial charge in [-0.1, -0.05) is 67.1 Å². The lowest BCUT2D eigenvalue weighted by Crippen LogP contribution is -2.48. The number of rotatable bonds is 6. The highest BCUT2D eigenvalue weighted by molar-refractivity contribution is 7.89. The monoisotopic (exact) mass is 589 g/mol. The van der Waals surface area contributed by atoms with Gasteiger partial charge in [-0.2, -0.15) is 4.31 Å². The van der Waals surface area contributed by atoms with Gasteiger partial charge in [-0.05, 0) is 43.2 Å². The molecule has 1 aliphatic heterocycles. The number of hydrogen-bond acceptors (Lipinski definition) is 5. The van der Waals surface area contributed by atoms with Crippen LogP contribution in [0.4, 0.5) is 0 Å². The van der Waals surface area contributed by atoms with Crippen LogP contribution in [0.25, 0.3) is 22.0 Å². The number of para-hydroxylation sites is 1. The van der Waals surface area contributed by atoms with Gasteiger partial charge < -0.3 is 19.3 Å². The maximum Gasteiger partial charge on any atom is 0.271 e. The molecular formula is C33H39N3O5S. The number of likely N-dealkylation sites (N-methyl/N-ethyl adjacent to an activating group) is 1. The van der Waals surface area contributed by atoms with E-state index in [1.807, 2.05) is 80.9 Å². The smallest absolute Gasteiger partial charge is 0.271 e. The number of benzene rings is 3. The van der Waals surface area contributed by atoms with Gasteiger partial charge in [0.2, 0.25) is 10.0 Å². The largest absolute Gasteiger partial charge is 0.394 e. The molecule has 3 aromatic carbocycles. The Hall–Kier alpha value is -3.50. The van der Waals surface area contributed by atoms with E-state index < -0.39 is 22.2 Å². The molecule has 1 aromatic heterocycles. The van der Waals surface area contributed by atoms with Crippen molar-refractivity contribution < 1.29 is 23.1 Å². The summed E-state index contributed by atoms with van der Waals surface area (Å²) in [6.07, 6.45) is -0.526. The number of fused-ring (bicyclic) bond motifs is 5. The molecule has 1 aliphatic rings. The number of amides is 1. The van der Waals surface area contributed by atoms with E-state index >= 15 is 0 Å². The molecule has 0 unspecified atom stereocenters. The van der Waals surface area contributed by atoms with Crippen molar-refractivity contribution >= 4 is 26.8 Å². The Bertz CT molecular complexity index is 1700. The molecule has 0 fully saturated rings. The van der Waals surface area contributed by atoms with Gasteiger partial charge in [0.05, 0.1) is 30.3 Å². The summed E-state index contributed by atoms with van der Waals surface area (Å²) >= 11 is 0. The van der Waals surface area contributed by atoms with E-state index in [0.29, 0.717) is 5.69 Å². The zero-order valence-electron chi connectivity index (χ0n) is 24.8. The van der Waals surface area contributed by atoms with Gasteiger partial charge in [0.25, 0.3) is 5.91 Å². The summed E-state index contributed by atoms with van der Waals surface area (Å²) in [4.78, 5) is 16.4. The van der Waals surface area contributed by atoms with Gasteiger partial charge in [-0.15, -0.1) is 0 Å². The number of sulfonamides is 1. The molecule has 222 valence electrons. The molecule has 0 saturated carbocycles. The summed E-state index contributed by atoms with van der Waals surface area (Å²) in [5, 5.41) is 11.2. The number of carbonyl (C=O) groups is 1. The van der Waals surface area contributed by atoms with Crippen molar-refractivity contribution in [3.8, 4) is 11.1 Å². The maximum atomic E-state index is 14.5. The van der Waals surface area contributed by atoms with Crippen LogP contribution in [-0.4, -0.2) is 72.1 Å². The van der Waals surface area contributed by atoms with Crippen LogP contribution < -0.4 is 0 Å². The number of hydrogen-bond donors (Lipinski definition) is 1. The lowest BCUT2D eigenvalue weighted by molar-refractivity contribution is -0.0147. The number of aryl methyl sites for hydroxylation is 2. The Kier molecular flexibility index (Phi) is 8.57. The van der Waals surface area contributed by atoms with Gasteiger partial charge in [-0.3, -0.25) is 4.79 Å².